The second-order valence-corrected chi connectivity index (χ2v) is 3.14. The summed E-state index contributed by atoms with van der Waals surface area (Å²) in [5.41, 5.74) is 5.54. The molecule has 7 nitrogen and oxygen atoms in total. The van der Waals surface area contributed by atoms with E-state index in [1.807, 2.05) is 0 Å². The second-order valence-electron chi connectivity index (χ2n) is 3.14. The maximum absolute atomic E-state index is 11.4. The Balaban J connectivity index is 2.34. The molecule has 0 aliphatic rings. The van der Waals surface area contributed by atoms with Crippen molar-refractivity contribution in [3.8, 4) is 0 Å². The van der Waals surface area contributed by atoms with Crippen molar-refractivity contribution in [2.45, 2.75) is 13.0 Å². The lowest BCUT2D eigenvalue weighted by Crippen LogP contribution is -2.10. The number of rotatable bonds is 7. The van der Waals surface area contributed by atoms with Crippen LogP contribution in [0.2, 0.25) is 0 Å². The summed E-state index contributed by atoms with van der Waals surface area (Å²) in [6.45, 7) is 1.86. The zero-order chi connectivity index (χ0) is 11.8. The molecule has 0 aliphatic carbocycles. The van der Waals surface area contributed by atoms with Crippen molar-refractivity contribution in [3.63, 3.8) is 0 Å². The van der Waals surface area contributed by atoms with Gasteiger partial charge in [-0.3, -0.25) is 4.68 Å². The fourth-order valence-electron chi connectivity index (χ4n) is 1.08. The van der Waals surface area contributed by atoms with Gasteiger partial charge in [-0.15, -0.1) is 5.10 Å². The van der Waals surface area contributed by atoms with E-state index in [4.69, 9.17) is 15.2 Å². The first-order chi connectivity index (χ1) is 7.77. The Labute approximate surface area is 93.5 Å². The molecule has 2 N–H and O–H groups in total. The zero-order valence-electron chi connectivity index (χ0n) is 9.26. The topological polar surface area (TPSA) is 92.3 Å². The molecule has 0 saturated heterocycles. The summed E-state index contributed by atoms with van der Waals surface area (Å²) >= 11 is 0. The van der Waals surface area contributed by atoms with E-state index >= 15 is 0 Å². The third-order valence-electron chi connectivity index (χ3n) is 1.83. The number of esters is 1. The average Bonchev–Trinajstić information content (AvgIpc) is 2.73. The van der Waals surface area contributed by atoms with Crippen molar-refractivity contribution in [3.05, 3.63) is 11.9 Å². The number of methoxy groups -OCH3 is 1. The fraction of sp³-hybridized carbons (Fsp3) is 0.667. The predicted octanol–water partition coefficient (Wildman–Crippen LogP) is -0.570. The van der Waals surface area contributed by atoms with Crippen LogP contribution in [0.3, 0.4) is 0 Å². The summed E-state index contributed by atoms with van der Waals surface area (Å²) in [5.74, 6) is -0.473. The number of carbonyl (C=O) groups excluding carboxylic acids is 1. The van der Waals surface area contributed by atoms with Crippen LogP contribution < -0.4 is 5.73 Å². The molecule has 7 heteroatoms. The minimum absolute atomic E-state index is 0.200. The molecule has 1 aromatic rings. The fourth-order valence-corrected chi connectivity index (χ4v) is 1.08. The van der Waals surface area contributed by atoms with Crippen LogP contribution in [0.1, 0.15) is 16.9 Å². The Morgan fingerprint density at radius 3 is 3.06 bits per heavy atom. The van der Waals surface area contributed by atoms with Gasteiger partial charge in [0.05, 0.1) is 19.3 Å². The minimum Gasteiger partial charge on any atom is -0.461 e. The lowest BCUT2D eigenvalue weighted by molar-refractivity contribution is 0.0461. The first-order valence-electron chi connectivity index (χ1n) is 5.04. The molecule has 0 aliphatic heterocycles. The number of carbonyl (C=O) groups is 1. The molecule has 0 unspecified atom stereocenters. The molecular formula is C9H16N4O3. The Morgan fingerprint density at radius 1 is 1.56 bits per heavy atom. The lowest BCUT2D eigenvalue weighted by atomic mass is 10.4. The highest BCUT2D eigenvalue weighted by Crippen LogP contribution is 1.97. The lowest BCUT2D eigenvalue weighted by Gasteiger charge is -2.01. The normalized spacial score (nSPS) is 10.4. The Morgan fingerprint density at radius 2 is 2.38 bits per heavy atom. The molecule has 90 valence electrons. The maximum Gasteiger partial charge on any atom is 0.360 e. The van der Waals surface area contributed by atoms with Crippen molar-refractivity contribution in [1.29, 1.82) is 0 Å². The van der Waals surface area contributed by atoms with Gasteiger partial charge in [-0.25, -0.2) is 4.79 Å². The van der Waals surface area contributed by atoms with E-state index in [1.54, 1.807) is 7.11 Å². The highest BCUT2D eigenvalue weighted by atomic mass is 16.5. The number of nitrogens with two attached hydrogens (primary N) is 1. The average molecular weight is 228 g/mol. The van der Waals surface area contributed by atoms with Crippen molar-refractivity contribution in [1.82, 2.24) is 15.0 Å². The van der Waals surface area contributed by atoms with Crippen LogP contribution in [0.5, 0.6) is 0 Å². The van der Waals surface area contributed by atoms with Crippen molar-refractivity contribution < 1.29 is 14.3 Å². The molecule has 0 radical (unpaired) electrons. The molecule has 1 rings (SSSR count). The third-order valence-corrected chi connectivity index (χ3v) is 1.83. The molecule has 0 fully saturated rings. The minimum atomic E-state index is -0.473. The maximum atomic E-state index is 11.4. The van der Waals surface area contributed by atoms with E-state index < -0.39 is 5.97 Å². The second kappa shape index (κ2) is 6.91. The summed E-state index contributed by atoms with van der Waals surface area (Å²) in [6.07, 6.45) is 2.19. The molecule has 0 atom stereocenters. The Bertz CT molecular complexity index is 326. The van der Waals surface area contributed by atoms with Gasteiger partial charge in [0.2, 0.25) is 0 Å². The van der Waals surface area contributed by atoms with Crippen LogP contribution in [-0.2, 0) is 16.0 Å². The SMILES string of the molecule is COCCCOC(=O)c1cn(CCN)nn1. The summed E-state index contributed by atoms with van der Waals surface area (Å²) in [4.78, 5) is 11.4. The number of aromatic nitrogens is 3. The Hall–Kier alpha value is -1.47. The number of nitrogens with zero attached hydrogens (tertiary/aromatic N) is 3. The number of ether oxygens (including phenoxy) is 2. The van der Waals surface area contributed by atoms with Gasteiger partial charge in [0, 0.05) is 26.7 Å². The Kier molecular flexibility index (Phi) is 5.44. The van der Waals surface area contributed by atoms with Crippen molar-refractivity contribution in [2.24, 2.45) is 5.73 Å². The van der Waals surface area contributed by atoms with E-state index in [9.17, 15) is 4.79 Å². The van der Waals surface area contributed by atoms with Gasteiger partial charge in [-0.1, -0.05) is 5.21 Å². The van der Waals surface area contributed by atoms with Gasteiger partial charge in [-0.05, 0) is 0 Å². The van der Waals surface area contributed by atoms with Gasteiger partial charge < -0.3 is 15.2 Å². The highest BCUT2D eigenvalue weighted by molar-refractivity contribution is 5.86. The van der Waals surface area contributed by atoms with Gasteiger partial charge in [0.15, 0.2) is 5.69 Å². The largest absolute Gasteiger partial charge is 0.461 e. The molecule has 16 heavy (non-hydrogen) atoms. The molecule has 0 spiro atoms. The summed E-state index contributed by atoms with van der Waals surface area (Å²) in [6, 6.07) is 0. The van der Waals surface area contributed by atoms with Gasteiger partial charge >= 0.3 is 5.97 Å². The first kappa shape index (κ1) is 12.6. The van der Waals surface area contributed by atoms with Gasteiger partial charge in [0.25, 0.3) is 0 Å². The third kappa shape index (κ3) is 3.95. The molecule has 1 heterocycles. The molecule has 0 aromatic carbocycles. The smallest absolute Gasteiger partial charge is 0.360 e. The van der Waals surface area contributed by atoms with Gasteiger partial charge in [-0.2, -0.15) is 0 Å². The van der Waals surface area contributed by atoms with E-state index in [1.165, 1.54) is 10.9 Å². The summed E-state index contributed by atoms with van der Waals surface area (Å²) in [5, 5.41) is 7.42. The molecule has 1 aromatic heterocycles. The van der Waals surface area contributed by atoms with Crippen LogP contribution in [0.15, 0.2) is 6.20 Å². The molecular weight excluding hydrogens is 212 g/mol. The van der Waals surface area contributed by atoms with Crippen LogP contribution >= 0.6 is 0 Å². The van der Waals surface area contributed by atoms with Crippen molar-refractivity contribution in [2.75, 3.05) is 26.9 Å². The van der Waals surface area contributed by atoms with Crippen LogP contribution in [0, 0.1) is 0 Å². The molecule has 0 saturated carbocycles. The van der Waals surface area contributed by atoms with Crippen LogP contribution in [-0.4, -0.2) is 47.8 Å². The molecule has 0 bridgehead atoms. The summed E-state index contributed by atoms with van der Waals surface area (Å²) < 4.78 is 11.3. The van der Waals surface area contributed by atoms with Crippen molar-refractivity contribution >= 4 is 5.97 Å². The van der Waals surface area contributed by atoms with E-state index in [0.717, 1.165) is 0 Å². The van der Waals surface area contributed by atoms with Gasteiger partial charge in [0.1, 0.15) is 0 Å². The predicted molar refractivity (Wildman–Crippen MR) is 55.9 cm³/mol. The number of hydrogen-bond acceptors (Lipinski definition) is 6. The quantitative estimate of drug-likeness (QED) is 0.496. The van der Waals surface area contributed by atoms with Crippen LogP contribution in [0.25, 0.3) is 0 Å². The van der Waals surface area contributed by atoms with E-state index in [-0.39, 0.29) is 5.69 Å². The standard InChI is InChI=1S/C9H16N4O3/c1-15-5-2-6-16-9(14)8-7-13(4-3-10)12-11-8/h7H,2-6,10H2,1H3. The van der Waals surface area contributed by atoms with E-state index in [0.29, 0.717) is 32.7 Å². The zero-order valence-corrected chi connectivity index (χ0v) is 9.26. The monoisotopic (exact) mass is 228 g/mol. The summed E-state index contributed by atoms with van der Waals surface area (Å²) in [7, 11) is 1.60. The molecule has 0 amide bonds. The van der Waals surface area contributed by atoms with Crippen LogP contribution in [0.4, 0.5) is 0 Å². The number of hydrogen-bond donors (Lipinski definition) is 1. The first-order valence-corrected chi connectivity index (χ1v) is 5.04. The highest BCUT2D eigenvalue weighted by Gasteiger charge is 2.11. The van der Waals surface area contributed by atoms with E-state index in [2.05, 4.69) is 10.3 Å².